The molecular weight excluding hydrogens is 206 g/mol. The Morgan fingerprint density at radius 1 is 1.43 bits per heavy atom. The maximum absolute atomic E-state index is 11.7. The summed E-state index contributed by atoms with van der Waals surface area (Å²) in [4.78, 5) is 13.5. The van der Waals surface area contributed by atoms with Gasteiger partial charge in [-0.2, -0.15) is 0 Å². The predicted molar refractivity (Wildman–Crippen MR) is 51.3 cm³/mol. The Morgan fingerprint density at radius 2 is 2.21 bits per heavy atom. The third kappa shape index (κ3) is 2.02. The minimum atomic E-state index is -0.389. The summed E-state index contributed by atoms with van der Waals surface area (Å²) in [6.45, 7) is 3.03. The molecule has 1 unspecified atom stereocenters. The van der Waals surface area contributed by atoms with Gasteiger partial charge >= 0.3 is 0 Å². The molecule has 2 rings (SSSR count). The fraction of sp³-hybridized carbons (Fsp3) is 0.889. The van der Waals surface area contributed by atoms with E-state index in [0.717, 1.165) is 13.1 Å². The van der Waals surface area contributed by atoms with Crippen LogP contribution >= 0.6 is 11.6 Å². The van der Waals surface area contributed by atoms with Crippen LogP contribution in [0.5, 0.6) is 0 Å². The number of alkyl halides is 1. The minimum Gasteiger partial charge on any atom is -0.376 e. The van der Waals surface area contributed by atoms with Crippen LogP contribution in [0.25, 0.3) is 0 Å². The second kappa shape index (κ2) is 4.47. The van der Waals surface area contributed by atoms with E-state index in [1.54, 1.807) is 4.90 Å². The van der Waals surface area contributed by atoms with Crippen molar-refractivity contribution in [2.45, 2.75) is 6.10 Å². The van der Waals surface area contributed by atoms with Gasteiger partial charge in [-0.1, -0.05) is 0 Å². The Balaban J connectivity index is 1.78. The Bertz CT molecular complexity index is 212. The van der Waals surface area contributed by atoms with Gasteiger partial charge in [0.2, 0.25) is 0 Å². The van der Waals surface area contributed by atoms with Gasteiger partial charge in [0.1, 0.15) is 0 Å². The largest absolute Gasteiger partial charge is 0.376 e. The van der Waals surface area contributed by atoms with Gasteiger partial charge in [-0.25, -0.2) is 0 Å². The van der Waals surface area contributed by atoms with Gasteiger partial charge in [-0.05, 0) is 0 Å². The number of hydrogen-bond donors (Lipinski definition) is 0. The van der Waals surface area contributed by atoms with Crippen molar-refractivity contribution in [2.75, 3.05) is 38.8 Å². The molecule has 2 aliphatic rings. The zero-order valence-electron chi connectivity index (χ0n) is 7.95. The van der Waals surface area contributed by atoms with Crippen molar-refractivity contribution in [3.63, 3.8) is 0 Å². The molecule has 0 N–H and O–H groups in total. The Morgan fingerprint density at radius 3 is 2.79 bits per heavy atom. The van der Waals surface area contributed by atoms with E-state index in [9.17, 15) is 4.79 Å². The number of carbonyl (C=O) groups excluding carboxylic acids is 1. The summed E-state index contributed by atoms with van der Waals surface area (Å²) >= 11 is 5.67. The molecule has 0 aromatic heterocycles. The molecule has 2 aliphatic heterocycles. The summed E-state index contributed by atoms with van der Waals surface area (Å²) in [5.74, 6) is 1.14. The highest BCUT2D eigenvalue weighted by Gasteiger charge is 2.35. The van der Waals surface area contributed by atoms with Crippen LogP contribution in [0.3, 0.4) is 0 Å². The van der Waals surface area contributed by atoms with Crippen LogP contribution in [0.1, 0.15) is 0 Å². The number of ether oxygens (including phenoxy) is 2. The van der Waals surface area contributed by atoms with Crippen LogP contribution < -0.4 is 0 Å². The smallest absolute Gasteiger partial charge is 0.254 e. The van der Waals surface area contributed by atoms with Gasteiger partial charge in [-0.3, -0.25) is 4.79 Å². The first kappa shape index (κ1) is 10.2. The predicted octanol–water partition coefficient (Wildman–Crippen LogP) is 0.0990. The summed E-state index contributed by atoms with van der Waals surface area (Å²) in [7, 11) is 0. The average molecular weight is 220 g/mol. The number of amides is 1. The van der Waals surface area contributed by atoms with Crippen LogP contribution in [0.2, 0.25) is 0 Å². The van der Waals surface area contributed by atoms with Gasteiger partial charge in [-0.15, -0.1) is 11.6 Å². The zero-order chi connectivity index (χ0) is 9.97. The van der Waals surface area contributed by atoms with E-state index >= 15 is 0 Å². The Hall–Kier alpha value is -0.320. The highest BCUT2D eigenvalue weighted by molar-refractivity contribution is 6.18. The van der Waals surface area contributed by atoms with Crippen molar-refractivity contribution in [1.82, 2.24) is 4.90 Å². The maximum Gasteiger partial charge on any atom is 0.254 e. The summed E-state index contributed by atoms with van der Waals surface area (Å²) in [6, 6.07) is 0. The van der Waals surface area contributed by atoms with E-state index in [0.29, 0.717) is 31.6 Å². The molecule has 2 fully saturated rings. The first-order valence-corrected chi connectivity index (χ1v) is 5.39. The molecule has 2 heterocycles. The normalized spacial score (nSPS) is 28.6. The first-order valence-electron chi connectivity index (χ1n) is 4.85. The Kier molecular flexibility index (Phi) is 3.26. The quantitative estimate of drug-likeness (QED) is 0.619. The number of carbonyl (C=O) groups is 1. The summed E-state index contributed by atoms with van der Waals surface area (Å²) in [5, 5.41) is 0. The molecule has 14 heavy (non-hydrogen) atoms. The molecule has 1 atom stereocenters. The highest BCUT2D eigenvalue weighted by Crippen LogP contribution is 2.19. The number of likely N-dealkylation sites (tertiary alicyclic amines) is 1. The molecule has 80 valence electrons. The highest BCUT2D eigenvalue weighted by atomic mass is 35.5. The topological polar surface area (TPSA) is 38.8 Å². The lowest BCUT2D eigenvalue weighted by atomic mass is 10.0. The monoisotopic (exact) mass is 219 g/mol. The summed E-state index contributed by atoms with van der Waals surface area (Å²) in [6.07, 6.45) is -0.389. The van der Waals surface area contributed by atoms with E-state index < -0.39 is 0 Å². The van der Waals surface area contributed by atoms with E-state index in [1.807, 2.05) is 0 Å². The van der Waals surface area contributed by atoms with Crippen molar-refractivity contribution < 1.29 is 14.3 Å². The van der Waals surface area contributed by atoms with E-state index in [1.165, 1.54) is 0 Å². The van der Waals surface area contributed by atoms with E-state index in [2.05, 4.69) is 0 Å². The van der Waals surface area contributed by atoms with Crippen molar-refractivity contribution in [1.29, 1.82) is 0 Å². The second-order valence-corrected chi connectivity index (χ2v) is 4.01. The lowest BCUT2D eigenvalue weighted by Crippen LogP contribution is -2.56. The molecule has 0 spiro atoms. The SMILES string of the molecule is O=C(C1COCCO1)N1CC(CCl)C1. The molecule has 5 heteroatoms. The lowest BCUT2D eigenvalue weighted by molar-refractivity contribution is -0.163. The molecular formula is C9H14ClNO3. The molecule has 0 aliphatic carbocycles. The van der Waals surface area contributed by atoms with Crippen molar-refractivity contribution in [3.8, 4) is 0 Å². The molecule has 0 aromatic rings. The summed E-state index contributed by atoms with van der Waals surface area (Å²) < 4.78 is 10.5. The van der Waals surface area contributed by atoms with Crippen LogP contribution in [-0.2, 0) is 14.3 Å². The van der Waals surface area contributed by atoms with Crippen molar-refractivity contribution in [2.24, 2.45) is 5.92 Å². The average Bonchev–Trinajstić information content (AvgIpc) is 2.17. The lowest BCUT2D eigenvalue weighted by Gasteiger charge is -2.40. The molecule has 0 radical (unpaired) electrons. The van der Waals surface area contributed by atoms with Gasteiger partial charge < -0.3 is 14.4 Å². The minimum absolute atomic E-state index is 0.0473. The fourth-order valence-electron chi connectivity index (χ4n) is 1.68. The van der Waals surface area contributed by atoms with Crippen molar-refractivity contribution >= 4 is 17.5 Å². The summed E-state index contributed by atoms with van der Waals surface area (Å²) in [5.41, 5.74) is 0. The standard InChI is InChI=1S/C9H14ClNO3/c10-3-7-4-11(5-7)9(12)8-6-13-1-2-14-8/h7-8H,1-6H2. The molecule has 2 saturated heterocycles. The zero-order valence-corrected chi connectivity index (χ0v) is 8.70. The molecule has 1 amide bonds. The van der Waals surface area contributed by atoms with Crippen molar-refractivity contribution in [3.05, 3.63) is 0 Å². The second-order valence-electron chi connectivity index (χ2n) is 3.70. The van der Waals surface area contributed by atoms with Crippen LogP contribution in [0.15, 0.2) is 0 Å². The van der Waals surface area contributed by atoms with Gasteiger partial charge in [0.15, 0.2) is 6.10 Å². The van der Waals surface area contributed by atoms with E-state index in [-0.39, 0.29) is 12.0 Å². The third-order valence-corrected chi connectivity index (χ3v) is 3.01. The molecule has 0 aromatic carbocycles. The number of halogens is 1. The third-order valence-electron chi connectivity index (χ3n) is 2.58. The molecule has 4 nitrogen and oxygen atoms in total. The molecule has 0 saturated carbocycles. The van der Waals surface area contributed by atoms with Gasteiger partial charge in [0.05, 0.1) is 19.8 Å². The van der Waals surface area contributed by atoms with Crippen LogP contribution in [0.4, 0.5) is 0 Å². The number of rotatable bonds is 2. The van der Waals surface area contributed by atoms with Crippen LogP contribution in [-0.4, -0.2) is 55.7 Å². The fourth-order valence-corrected chi connectivity index (χ4v) is 1.88. The van der Waals surface area contributed by atoms with Crippen LogP contribution in [0, 0.1) is 5.92 Å². The van der Waals surface area contributed by atoms with E-state index in [4.69, 9.17) is 21.1 Å². The Labute approximate surface area is 88.1 Å². The van der Waals surface area contributed by atoms with Gasteiger partial charge in [0, 0.05) is 24.9 Å². The maximum atomic E-state index is 11.7. The number of nitrogens with zero attached hydrogens (tertiary/aromatic N) is 1. The van der Waals surface area contributed by atoms with Gasteiger partial charge in [0.25, 0.3) is 5.91 Å². The number of hydrogen-bond acceptors (Lipinski definition) is 3. The first-order chi connectivity index (χ1) is 6.81. The molecule has 0 bridgehead atoms.